The van der Waals surface area contributed by atoms with Gasteiger partial charge >= 0.3 is 7.12 Å². The molecule has 2 aromatic carbocycles. The molecule has 5 nitrogen and oxygen atoms in total. The number of nitrogens with one attached hydrogen (secondary N) is 1. The highest BCUT2D eigenvalue weighted by Gasteiger charge is 2.51. The number of amides is 1. The van der Waals surface area contributed by atoms with E-state index in [9.17, 15) is 9.18 Å². The van der Waals surface area contributed by atoms with E-state index in [0.717, 1.165) is 37.1 Å². The molecule has 0 aromatic heterocycles. The Labute approximate surface area is 177 Å². The third-order valence-corrected chi connectivity index (χ3v) is 6.29. The number of carbonyl (C=O) groups is 1. The third-order valence-electron chi connectivity index (χ3n) is 6.29. The molecule has 0 atom stereocenters. The second kappa shape index (κ2) is 7.71. The summed E-state index contributed by atoms with van der Waals surface area (Å²) in [4.78, 5) is 14.9. The van der Waals surface area contributed by atoms with Gasteiger partial charge in [-0.1, -0.05) is 12.1 Å². The topological polar surface area (TPSA) is 50.8 Å². The first-order valence-corrected chi connectivity index (χ1v) is 10.5. The summed E-state index contributed by atoms with van der Waals surface area (Å²) >= 11 is 0. The van der Waals surface area contributed by atoms with Crippen molar-refractivity contribution in [3.05, 3.63) is 53.8 Å². The van der Waals surface area contributed by atoms with Crippen LogP contribution in [-0.2, 0) is 9.31 Å². The monoisotopic (exact) mass is 410 g/mol. The van der Waals surface area contributed by atoms with Crippen molar-refractivity contribution in [2.45, 2.75) is 51.7 Å². The van der Waals surface area contributed by atoms with Gasteiger partial charge in [-0.2, -0.15) is 0 Å². The molecule has 0 unspecified atom stereocenters. The van der Waals surface area contributed by atoms with Gasteiger partial charge in [0.25, 0.3) is 5.91 Å². The van der Waals surface area contributed by atoms with Crippen LogP contribution in [0.25, 0.3) is 0 Å². The number of rotatable bonds is 4. The second-order valence-corrected chi connectivity index (χ2v) is 9.06. The van der Waals surface area contributed by atoms with Crippen LogP contribution in [0, 0.1) is 5.82 Å². The molecule has 2 aliphatic heterocycles. The maximum atomic E-state index is 14.2. The summed E-state index contributed by atoms with van der Waals surface area (Å²) in [5.41, 5.74) is 1.61. The number of nitrogens with zero attached hydrogens (tertiary/aromatic N) is 1. The standard InChI is InChI=1S/C23H28BFN2O3/c1-22(2)23(3,4)30-24(29-22)17-8-7-9-19(14-17)26-21(28)16-12-18(25)15-20(13-16)27-10-5-6-11-27/h7-9,12-15H,5-6,10-11H2,1-4H3,(H,26,28). The van der Waals surface area contributed by atoms with Crippen LogP contribution in [-0.4, -0.2) is 37.3 Å². The van der Waals surface area contributed by atoms with Gasteiger partial charge in [0.1, 0.15) is 5.82 Å². The number of anilines is 2. The lowest BCUT2D eigenvalue weighted by Crippen LogP contribution is -2.41. The Morgan fingerprint density at radius 1 is 1.03 bits per heavy atom. The van der Waals surface area contributed by atoms with E-state index in [1.165, 1.54) is 12.1 Å². The van der Waals surface area contributed by atoms with Gasteiger partial charge in [-0.3, -0.25) is 4.79 Å². The average molecular weight is 410 g/mol. The van der Waals surface area contributed by atoms with E-state index in [4.69, 9.17) is 9.31 Å². The Bertz CT molecular complexity index is 941. The normalized spacial score (nSPS) is 19.9. The molecule has 2 aliphatic rings. The number of halogens is 1. The van der Waals surface area contributed by atoms with Gasteiger partial charge < -0.3 is 19.5 Å². The van der Waals surface area contributed by atoms with Gasteiger partial charge in [0.2, 0.25) is 0 Å². The van der Waals surface area contributed by atoms with E-state index < -0.39 is 24.1 Å². The van der Waals surface area contributed by atoms with E-state index in [1.54, 1.807) is 12.1 Å². The van der Waals surface area contributed by atoms with Gasteiger partial charge in [-0.05, 0) is 76.3 Å². The summed E-state index contributed by atoms with van der Waals surface area (Å²) in [5.74, 6) is -0.753. The highest BCUT2D eigenvalue weighted by Crippen LogP contribution is 2.36. The number of benzene rings is 2. The van der Waals surface area contributed by atoms with Crippen LogP contribution in [0.4, 0.5) is 15.8 Å². The van der Waals surface area contributed by atoms with Crippen LogP contribution in [0.1, 0.15) is 50.9 Å². The first-order chi connectivity index (χ1) is 14.1. The Morgan fingerprint density at radius 2 is 1.70 bits per heavy atom. The predicted octanol–water partition coefficient (Wildman–Crippen LogP) is 3.98. The molecule has 0 bridgehead atoms. The molecule has 2 saturated heterocycles. The molecule has 0 spiro atoms. The van der Waals surface area contributed by atoms with E-state index in [2.05, 4.69) is 10.2 Å². The molecule has 2 aromatic rings. The zero-order valence-electron chi connectivity index (χ0n) is 18.0. The van der Waals surface area contributed by atoms with Crippen LogP contribution in [0.5, 0.6) is 0 Å². The molecule has 0 aliphatic carbocycles. The van der Waals surface area contributed by atoms with Crippen molar-refractivity contribution in [3.8, 4) is 0 Å². The molecule has 7 heteroatoms. The summed E-state index contributed by atoms with van der Waals surface area (Å²) in [6.07, 6.45) is 2.17. The van der Waals surface area contributed by atoms with E-state index >= 15 is 0 Å². The molecule has 158 valence electrons. The smallest absolute Gasteiger partial charge is 0.399 e. The summed E-state index contributed by atoms with van der Waals surface area (Å²) in [6.45, 7) is 9.78. The first-order valence-electron chi connectivity index (χ1n) is 10.5. The molecule has 1 N–H and O–H groups in total. The second-order valence-electron chi connectivity index (χ2n) is 9.06. The van der Waals surface area contributed by atoms with Crippen molar-refractivity contribution in [3.63, 3.8) is 0 Å². The molecule has 4 rings (SSSR count). The van der Waals surface area contributed by atoms with Gasteiger partial charge in [0.05, 0.1) is 11.2 Å². The predicted molar refractivity (Wildman–Crippen MR) is 118 cm³/mol. The Morgan fingerprint density at radius 3 is 2.37 bits per heavy atom. The molecular formula is C23H28BFN2O3. The summed E-state index contributed by atoms with van der Waals surface area (Å²) in [7, 11) is -0.511. The Kier molecular flexibility index (Phi) is 5.36. The minimum Gasteiger partial charge on any atom is -0.399 e. The fourth-order valence-electron chi connectivity index (χ4n) is 3.81. The molecular weight excluding hydrogens is 382 g/mol. The van der Waals surface area contributed by atoms with Gasteiger partial charge in [-0.25, -0.2) is 4.39 Å². The van der Waals surface area contributed by atoms with E-state index in [0.29, 0.717) is 11.3 Å². The fourth-order valence-corrected chi connectivity index (χ4v) is 3.81. The van der Waals surface area contributed by atoms with Crippen LogP contribution < -0.4 is 15.7 Å². The van der Waals surface area contributed by atoms with Crippen molar-refractivity contribution in [2.24, 2.45) is 0 Å². The van der Waals surface area contributed by atoms with E-state index in [-0.39, 0.29) is 5.91 Å². The van der Waals surface area contributed by atoms with E-state index in [1.807, 2.05) is 45.9 Å². The highest BCUT2D eigenvalue weighted by molar-refractivity contribution is 6.62. The minimum atomic E-state index is -0.511. The number of carbonyl (C=O) groups excluding carboxylic acids is 1. The zero-order valence-corrected chi connectivity index (χ0v) is 18.0. The van der Waals surface area contributed by atoms with Crippen molar-refractivity contribution in [2.75, 3.05) is 23.3 Å². The maximum Gasteiger partial charge on any atom is 0.494 e. The number of hydrogen-bond acceptors (Lipinski definition) is 4. The van der Waals surface area contributed by atoms with Crippen LogP contribution in [0.3, 0.4) is 0 Å². The average Bonchev–Trinajstić information content (AvgIpc) is 3.28. The third kappa shape index (κ3) is 4.09. The van der Waals surface area contributed by atoms with Crippen molar-refractivity contribution in [1.29, 1.82) is 0 Å². The van der Waals surface area contributed by atoms with Crippen molar-refractivity contribution >= 4 is 29.9 Å². The fraction of sp³-hybridized carbons (Fsp3) is 0.435. The van der Waals surface area contributed by atoms with Crippen molar-refractivity contribution in [1.82, 2.24) is 0 Å². The summed E-state index contributed by atoms with van der Waals surface area (Å²) in [5, 5.41) is 2.87. The molecule has 30 heavy (non-hydrogen) atoms. The molecule has 0 radical (unpaired) electrons. The Balaban J connectivity index is 1.51. The van der Waals surface area contributed by atoms with Crippen molar-refractivity contribution < 1.29 is 18.5 Å². The summed E-state index contributed by atoms with van der Waals surface area (Å²) < 4.78 is 26.3. The maximum absolute atomic E-state index is 14.2. The lowest BCUT2D eigenvalue weighted by atomic mass is 9.79. The minimum absolute atomic E-state index is 0.304. The highest BCUT2D eigenvalue weighted by atomic mass is 19.1. The molecule has 0 saturated carbocycles. The summed E-state index contributed by atoms with van der Waals surface area (Å²) in [6, 6.07) is 11.9. The van der Waals surface area contributed by atoms with Gasteiger partial charge in [-0.15, -0.1) is 0 Å². The lowest BCUT2D eigenvalue weighted by Gasteiger charge is -2.32. The first kappa shape index (κ1) is 20.9. The molecule has 1 amide bonds. The van der Waals surface area contributed by atoms with Gasteiger partial charge in [0.15, 0.2) is 0 Å². The SMILES string of the molecule is CC1(C)OB(c2cccc(NC(=O)c3cc(F)cc(N4CCCC4)c3)c2)OC1(C)C. The van der Waals surface area contributed by atoms with Crippen LogP contribution in [0.2, 0.25) is 0 Å². The molecule has 2 fully saturated rings. The van der Waals surface area contributed by atoms with Gasteiger partial charge in [0, 0.05) is 30.0 Å². The Hall–Kier alpha value is -2.38. The van der Waals surface area contributed by atoms with Crippen LogP contribution in [0.15, 0.2) is 42.5 Å². The largest absolute Gasteiger partial charge is 0.494 e. The number of hydrogen-bond donors (Lipinski definition) is 1. The zero-order chi connectivity index (χ0) is 21.5. The quantitative estimate of drug-likeness (QED) is 0.775. The lowest BCUT2D eigenvalue weighted by molar-refractivity contribution is 0.00578. The van der Waals surface area contributed by atoms with Crippen LogP contribution >= 0.6 is 0 Å². The molecule has 2 heterocycles.